The Bertz CT molecular complexity index is 851. The summed E-state index contributed by atoms with van der Waals surface area (Å²) in [4.78, 5) is 44.6. The molecule has 3 heterocycles. The fourth-order valence-electron chi connectivity index (χ4n) is 2.44. The number of esters is 1. The minimum atomic E-state index is -1.34. The molecule has 0 bridgehead atoms. The monoisotopic (exact) mass is 413 g/mol. The molecule has 0 saturated carbocycles. The van der Waals surface area contributed by atoms with Gasteiger partial charge in [0.05, 0.1) is 0 Å². The van der Waals surface area contributed by atoms with Crippen molar-refractivity contribution in [2.45, 2.75) is 11.4 Å². The number of aromatic nitrogens is 1. The van der Waals surface area contributed by atoms with Crippen LogP contribution in [0.4, 0.5) is 5.13 Å². The zero-order valence-corrected chi connectivity index (χ0v) is 15.6. The first-order valence-electron chi connectivity index (χ1n) is 7.54. The van der Waals surface area contributed by atoms with E-state index in [1.54, 1.807) is 0 Å². The van der Waals surface area contributed by atoms with E-state index < -0.39 is 29.3 Å². The number of hydrogen-bond donors (Lipinski definition) is 4. The van der Waals surface area contributed by atoms with Crippen molar-refractivity contribution in [2.75, 3.05) is 25.2 Å². The van der Waals surface area contributed by atoms with Gasteiger partial charge in [-0.25, -0.2) is 14.6 Å². The predicted octanol–water partition coefficient (Wildman–Crippen LogP) is -0.881. The molecule has 5 N–H and O–H groups in total. The minimum absolute atomic E-state index is 0.162. The molecule has 2 aliphatic heterocycles. The normalized spacial score (nSPS) is 20.4. The Balaban J connectivity index is 1.78. The highest BCUT2D eigenvalue weighted by Crippen LogP contribution is 2.28. The van der Waals surface area contributed by atoms with E-state index in [9.17, 15) is 19.5 Å². The van der Waals surface area contributed by atoms with Gasteiger partial charge in [0.2, 0.25) is 0 Å². The number of aliphatic carboxylic acids is 1. The number of carbonyl (C=O) groups is 3. The molecule has 0 saturated heterocycles. The van der Waals surface area contributed by atoms with Crippen molar-refractivity contribution >= 4 is 51.8 Å². The maximum Gasteiger partial charge on any atom is 0.354 e. The lowest BCUT2D eigenvalue weighted by Gasteiger charge is -2.29. The molecule has 13 heteroatoms. The van der Waals surface area contributed by atoms with Crippen LogP contribution in [0.5, 0.6) is 0 Å². The number of anilines is 1. The standard InChI is InChI=1S/C14H15N5O6S2/c1-24-19-8(6-4-27-14(15)16-6)10(20)17-9(12(21)22)11-18-7-5(3-26-11)2-25-13(7)23/h4,9,11,18H,2-3H2,1H3,(H2,15,16)(H,17,20)(H,21,22)/b19-8-/t9?,11-/m1/s1. The number of rotatable bonds is 6. The average molecular weight is 413 g/mol. The number of carboxylic acids is 1. The number of hydrogen-bond acceptors (Lipinski definition) is 11. The van der Waals surface area contributed by atoms with Crippen LogP contribution in [0.25, 0.3) is 0 Å². The SMILES string of the molecule is CO/N=C(\C(=O)NC(C(=O)O)[C@@H]1NC2=C(COC2=O)CS1)c1csc(N)n1. The molecule has 0 aromatic carbocycles. The van der Waals surface area contributed by atoms with Crippen molar-refractivity contribution in [3.8, 4) is 0 Å². The number of amides is 1. The molecule has 1 aromatic heterocycles. The van der Waals surface area contributed by atoms with Crippen LogP contribution in [0.3, 0.4) is 0 Å². The zero-order valence-electron chi connectivity index (χ0n) is 13.9. The molecule has 1 aromatic rings. The molecule has 1 unspecified atom stereocenters. The topological polar surface area (TPSA) is 165 Å². The Morgan fingerprint density at radius 3 is 3.00 bits per heavy atom. The van der Waals surface area contributed by atoms with Crippen LogP contribution in [0.15, 0.2) is 21.8 Å². The van der Waals surface area contributed by atoms with E-state index >= 15 is 0 Å². The number of nitrogens with one attached hydrogen (secondary N) is 2. The van der Waals surface area contributed by atoms with Gasteiger partial charge in [0.1, 0.15) is 30.5 Å². The van der Waals surface area contributed by atoms with Gasteiger partial charge in [-0.2, -0.15) is 0 Å². The van der Waals surface area contributed by atoms with Crippen molar-refractivity contribution in [3.63, 3.8) is 0 Å². The first-order valence-corrected chi connectivity index (χ1v) is 9.47. The molecular formula is C14H15N5O6S2. The van der Waals surface area contributed by atoms with Gasteiger partial charge in [-0.15, -0.1) is 23.1 Å². The van der Waals surface area contributed by atoms with Crippen molar-refractivity contribution in [1.82, 2.24) is 15.6 Å². The Morgan fingerprint density at radius 2 is 2.37 bits per heavy atom. The number of cyclic esters (lactones) is 1. The molecule has 11 nitrogen and oxygen atoms in total. The summed E-state index contributed by atoms with van der Waals surface area (Å²) in [7, 11) is 1.25. The molecule has 1 amide bonds. The lowest BCUT2D eigenvalue weighted by Crippen LogP contribution is -2.55. The number of carbonyl (C=O) groups excluding carboxylic acids is 2. The maximum atomic E-state index is 12.6. The van der Waals surface area contributed by atoms with E-state index in [0.29, 0.717) is 5.75 Å². The lowest BCUT2D eigenvalue weighted by molar-refractivity contribution is -0.141. The van der Waals surface area contributed by atoms with E-state index in [-0.39, 0.29) is 28.8 Å². The molecule has 2 atom stereocenters. The molecule has 3 rings (SSSR count). The predicted molar refractivity (Wildman–Crippen MR) is 97.0 cm³/mol. The van der Waals surface area contributed by atoms with Gasteiger partial charge in [0, 0.05) is 16.7 Å². The molecule has 2 aliphatic rings. The molecular weight excluding hydrogens is 398 g/mol. The Morgan fingerprint density at radius 1 is 1.59 bits per heavy atom. The summed E-state index contributed by atoms with van der Waals surface area (Å²) >= 11 is 2.34. The summed E-state index contributed by atoms with van der Waals surface area (Å²) < 4.78 is 4.92. The molecule has 27 heavy (non-hydrogen) atoms. The Labute approximate surface area is 161 Å². The number of thioether (sulfide) groups is 1. The third-order valence-corrected chi connectivity index (χ3v) is 5.61. The van der Waals surface area contributed by atoms with E-state index in [1.807, 2.05) is 0 Å². The van der Waals surface area contributed by atoms with E-state index in [2.05, 4.69) is 25.6 Å². The number of nitrogens with zero attached hydrogens (tertiary/aromatic N) is 2. The molecule has 0 radical (unpaired) electrons. The van der Waals surface area contributed by atoms with Gasteiger partial charge in [0.25, 0.3) is 5.91 Å². The third-order valence-electron chi connectivity index (χ3n) is 3.68. The van der Waals surface area contributed by atoms with Crippen LogP contribution >= 0.6 is 23.1 Å². The van der Waals surface area contributed by atoms with Crippen molar-refractivity contribution in [3.05, 3.63) is 22.3 Å². The van der Waals surface area contributed by atoms with Crippen LogP contribution in [-0.2, 0) is 24.0 Å². The highest BCUT2D eigenvalue weighted by molar-refractivity contribution is 8.00. The van der Waals surface area contributed by atoms with Crippen LogP contribution < -0.4 is 16.4 Å². The Kier molecular flexibility index (Phi) is 5.51. The van der Waals surface area contributed by atoms with Crippen LogP contribution in [-0.4, -0.2) is 64.5 Å². The largest absolute Gasteiger partial charge is 0.480 e. The smallest absolute Gasteiger partial charge is 0.354 e. The maximum absolute atomic E-state index is 12.6. The first kappa shape index (κ1) is 19.0. The zero-order chi connectivity index (χ0) is 19.6. The summed E-state index contributed by atoms with van der Waals surface area (Å²) in [6.45, 7) is 0.181. The van der Waals surface area contributed by atoms with Gasteiger partial charge in [-0.05, 0) is 0 Å². The molecule has 0 fully saturated rings. The summed E-state index contributed by atoms with van der Waals surface area (Å²) in [6.07, 6.45) is 0. The molecule has 0 aliphatic carbocycles. The number of thiazole rings is 1. The van der Waals surface area contributed by atoms with E-state index in [1.165, 1.54) is 24.3 Å². The summed E-state index contributed by atoms with van der Waals surface area (Å²) in [6, 6.07) is -1.34. The number of oxime groups is 1. The van der Waals surface area contributed by atoms with Crippen LogP contribution in [0, 0.1) is 0 Å². The van der Waals surface area contributed by atoms with Crippen molar-refractivity contribution in [2.24, 2.45) is 5.16 Å². The lowest BCUT2D eigenvalue weighted by atomic mass is 10.2. The van der Waals surface area contributed by atoms with Gasteiger partial charge < -0.3 is 31.0 Å². The minimum Gasteiger partial charge on any atom is -0.480 e. The second-order valence-corrected chi connectivity index (χ2v) is 7.43. The van der Waals surface area contributed by atoms with Crippen LogP contribution in [0.1, 0.15) is 5.69 Å². The number of nitrogen functional groups attached to an aromatic ring is 1. The van der Waals surface area contributed by atoms with Crippen molar-refractivity contribution in [1.29, 1.82) is 0 Å². The summed E-state index contributed by atoms with van der Waals surface area (Å²) in [5, 5.41) is 19.4. The third kappa shape index (κ3) is 3.98. The Hall–Kier alpha value is -2.80. The van der Waals surface area contributed by atoms with Gasteiger partial charge in [0.15, 0.2) is 16.9 Å². The number of carboxylic acid groups (broad SMARTS) is 1. The van der Waals surface area contributed by atoms with Gasteiger partial charge in [-0.3, -0.25) is 4.79 Å². The first-order chi connectivity index (χ1) is 12.9. The van der Waals surface area contributed by atoms with E-state index in [4.69, 9.17) is 10.5 Å². The van der Waals surface area contributed by atoms with Crippen molar-refractivity contribution < 1.29 is 29.1 Å². The van der Waals surface area contributed by atoms with Crippen LogP contribution in [0.2, 0.25) is 0 Å². The van der Waals surface area contributed by atoms with Gasteiger partial charge >= 0.3 is 11.9 Å². The van der Waals surface area contributed by atoms with E-state index in [0.717, 1.165) is 16.9 Å². The second kappa shape index (κ2) is 7.84. The molecule has 144 valence electrons. The second-order valence-electron chi connectivity index (χ2n) is 5.41. The highest BCUT2D eigenvalue weighted by atomic mass is 32.2. The number of ether oxygens (including phenoxy) is 1. The average Bonchev–Trinajstić information content (AvgIpc) is 3.23. The highest BCUT2D eigenvalue weighted by Gasteiger charge is 2.39. The number of nitrogens with two attached hydrogens (primary N) is 1. The van der Waals surface area contributed by atoms with Gasteiger partial charge in [-0.1, -0.05) is 5.16 Å². The summed E-state index contributed by atoms with van der Waals surface area (Å²) in [5.41, 5.74) is 6.52. The summed E-state index contributed by atoms with van der Waals surface area (Å²) in [5.74, 6) is -2.20. The fraction of sp³-hybridized carbons (Fsp3) is 0.357. The molecule has 0 spiro atoms. The quantitative estimate of drug-likeness (QED) is 0.261. The fourth-order valence-corrected chi connectivity index (χ4v) is 4.17.